The molecule has 2 atom stereocenters. The number of amides is 2. The number of nitriles is 1. The van der Waals surface area contributed by atoms with Gasteiger partial charge in [0.1, 0.15) is 5.82 Å². The van der Waals surface area contributed by atoms with Gasteiger partial charge in [0.05, 0.1) is 35.3 Å². The molecule has 2 aromatic carbocycles. The number of halogens is 1. The van der Waals surface area contributed by atoms with Crippen LogP contribution >= 0.6 is 11.3 Å². The van der Waals surface area contributed by atoms with E-state index in [-0.39, 0.29) is 23.5 Å². The Morgan fingerprint density at radius 2 is 1.80 bits per heavy atom. The van der Waals surface area contributed by atoms with Crippen molar-refractivity contribution in [2.75, 3.05) is 55.7 Å². The van der Waals surface area contributed by atoms with Crippen LogP contribution in [-0.4, -0.2) is 62.7 Å². The summed E-state index contributed by atoms with van der Waals surface area (Å²) in [5.41, 5.74) is 1.97. The third-order valence-electron chi connectivity index (χ3n) is 8.76. The SMILES string of the molecule is CC(C)(C#N)c1ccc(C(=O)N2CC3C(C2)C3CN(C(=O)c2cccs2)c2ccc(N3CCOCC3)c(F)c2)cc1. The van der Waals surface area contributed by atoms with Crippen molar-refractivity contribution in [1.82, 2.24) is 4.90 Å². The molecule has 3 aromatic rings. The summed E-state index contributed by atoms with van der Waals surface area (Å²) in [6.45, 7) is 7.90. The van der Waals surface area contributed by atoms with Gasteiger partial charge in [0.25, 0.3) is 11.8 Å². The van der Waals surface area contributed by atoms with Crippen LogP contribution in [0.4, 0.5) is 15.8 Å². The van der Waals surface area contributed by atoms with Crippen LogP contribution in [-0.2, 0) is 10.2 Å². The van der Waals surface area contributed by atoms with Crippen LogP contribution in [0.15, 0.2) is 60.0 Å². The van der Waals surface area contributed by atoms with E-state index in [9.17, 15) is 14.9 Å². The fraction of sp³-hybridized carbons (Fsp3) is 0.406. The largest absolute Gasteiger partial charge is 0.378 e. The number of fused-ring (bicyclic) bond motifs is 1. The number of nitrogens with zero attached hydrogens (tertiary/aromatic N) is 4. The maximum absolute atomic E-state index is 15.3. The van der Waals surface area contributed by atoms with Crippen molar-refractivity contribution in [1.29, 1.82) is 5.26 Å². The Kier molecular flexibility index (Phi) is 7.30. The fourth-order valence-electron chi connectivity index (χ4n) is 6.14. The molecule has 0 radical (unpaired) electrons. The molecule has 3 heterocycles. The van der Waals surface area contributed by atoms with E-state index < -0.39 is 5.41 Å². The third kappa shape index (κ3) is 5.34. The molecule has 2 aliphatic heterocycles. The van der Waals surface area contributed by atoms with Crippen molar-refractivity contribution < 1.29 is 18.7 Å². The molecule has 6 rings (SSSR count). The Hall–Kier alpha value is -3.74. The predicted octanol–water partition coefficient (Wildman–Crippen LogP) is 5.19. The highest BCUT2D eigenvalue weighted by Crippen LogP contribution is 2.52. The lowest BCUT2D eigenvalue weighted by Gasteiger charge is -2.30. The quantitative estimate of drug-likeness (QED) is 0.390. The lowest BCUT2D eigenvalue weighted by atomic mass is 9.86. The summed E-state index contributed by atoms with van der Waals surface area (Å²) in [5.74, 6) is 0.397. The van der Waals surface area contributed by atoms with Crippen LogP contribution in [0.5, 0.6) is 0 Å². The number of anilines is 2. The molecular weight excluding hydrogens is 539 g/mol. The molecule has 3 aliphatic rings. The Bertz CT molecular complexity index is 1470. The number of thiophene rings is 1. The predicted molar refractivity (Wildman–Crippen MR) is 157 cm³/mol. The average molecular weight is 573 g/mol. The minimum atomic E-state index is -0.609. The Morgan fingerprint density at radius 1 is 1.10 bits per heavy atom. The van der Waals surface area contributed by atoms with E-state index in [1.165, 1.54) is 17.4 Å². The van der Waals surface area contributed by atoms with E-state index in [1.54, 1.807) is 29.2 Å². The second kappa shape index (κ2) is 10.9. The summed E-state index contributed by atoms with van der Waals surface area (Å²) in [6.07, 6.45) is 0. The van der Waals surface area contributed by atoms with Gasteiger partial charge in [0, 0.05) is 44.0 Å². The number of piperidine rings is 1. The molecule has 0 bridgehead atoms. The molecule has 7 nitrogen and oxygen atoms in total. The third-order valence-corrected chi connectivity index (χ3v) is 9.61. The number of rotatable bonds is 7. The first-order valence-corrected chi connectivity index (χ1v) is 14.9. The van der Waals surface area contributed by atoms with Crippen LogP contribution in [0.1, 0.15) is 39.4 Å². The summed E-state index contributed by atoms with van der Waals surface area (Å²) in [4.78, 5) is 33.0. The van der Waals surface area contributed by atoms with E-state index in [2.05, 4.69) is 6.07 Å². The Morgan fingerprint density at radius 3 is 2.41 bits per heavy atom. The smallest absolute Gasteiger partial charge is 0.268 e. The molecule has 1 aliphatic carbocycles. The van der Waals surface area contributed by atoms with Crippen LogP contribution in [0.2, 0.25) is 0 Å². The highest BCUT2D eigenvalue weighted by atomic mass is 32.1. The topological polar surface area (TPSA) is 76.9 Å². The van der Waals surface area contributed by atoms with Crippen LogP contribution < -0.4 is 9.80 Å². The lowest BCUT2D eigenvalue weighted by molar-refractivity contribution is 0.0766. The summed E-state index contributed by atoms with van der Waals surface area (Å²) < 4.78 is 20.7. The maximum Gasteiger partial charge on any atom is 0.268 e. The second-order valence-corrected chi connectivity index (χ2v) is 12.6. The molecular formula is C32H33FN4O3S. The molecule has 0 spiro atoms. The molecule has 3 fully saturated rings. The number of ether oxygens (including phenoxy) is 1. The van der Waals surface area contributed by atoms with Crippen molar-refractivity contribution in [3.63, 3.8) is 0 Å². The zero-order valence-corrected chi connectivity index (χ0v) is 24.1. The molecule has 1 aromatic heterocycles. The van der Waals surface area contributed by atoms with Gasteiger partial charge in [-0.3, -0.25) is 9.59 Å². The van der Waals surface area contributed by atoms with Gasteiger partial charge >= 0.3 is 0 Å². The first-order chi connectivity index (χ1) is 19.8. The number of hydrogen-bond acceptors (Lipinski definition) is 6. The van der Waals surface area contributed by atoms with Crippen LogP contribution in [0, 0.1) is 34.9 Å². The molecule has 212 valence electrons. The van der Waals surface area contributed by atoms with Crippen LogP contribution in [0.3, 0.4) is 0 Å². The minimum absolute atomic E-state index is 0.00967. The maximum atomic E-state index is 15.3. The molecule has 2 saturated heterocycles. The standard InChI is InChI=1S/C32H33FN4O3S/c1-32(2,20-34)22-7-5-21(6-8-22)30(38)36-17-24-25(18-36)26(24)19-37(31(39)29-4-3-15-41-29)23-9-10-28(27(33)16-23)35-11-13-40-14-12-35/h3-10,15-16,24-26H,11-14,17-19H2,1-2H3. The number of carbonyl (C=O) groups is 2. The zero-order chi connectivity index (χ0) is 28.7. The number of hydrogen-bond donors (Lipinski definition) is 0. The Balaban J connectivity index is 1.14. The molecule has 9 heteroatoms. The molecule has 41 heavy (non-hydrogen) atoms. The summed E-state index contributed by atoms with van der Waals surface area (Å²) in [6, 6.07) is 18.3. The van der Waals surface area contributed by atoms with Gasteiger partial charge in [-0.1, -0.05) is 18.2 Å². The monoisotopic (exact) mass is 572 g/mol. The second-order valence-electron chi connectivity index (χ2n) is 11.6. The first-order valence-electron chi connectivity index (χ1n) is 14.1. The number of carbonyl (C=O) groups excluding carboxylic acids is 2. The number of likely N-dealkylation sites (tertiary alicyclic amines) is 1. The van der Waals surface area contributed by atoms with Crippen molar-refractivity contribution in [2.24, 2.45) is 17.8 Å². The molecule has 0 N–H and O–H groups in total. The van der Waals surface area contributed by atoms with E-state index in [1.807, 2.05) is 53.3 Å². The van der Waals surface area contributed by atoms with Gasteiger partial charge in [0.2, 0.25) is 0 Å². The van der Waals surface area contributed by atoms with Crippen LogP contribution in [0.25, 0.3) is 0 Å². The Labute approximate surface area is 243 Å². The molecule has 1 saturated carbocycles. The van der Waals surface area contributed by atoms with Gasteiger partial charge in [-0.15, -0.1) is 11.3 Å². The zero-order valence-electron chi connectivity index (χ0n) is 23.3. The van der Waals surface area contributed by atoms with Gasteiger partial charge in [0.15, 0.2) is 0 Å². The van der Waals surface area contributed by atoms with Gasteiger partial charge in [-0.2, -0.15) is 5.26 Å². The van der Waals surface area contributed by atoms with Crippen molar-refractivity contribution in [3.05, 3.63) is 81.8 Å². The number of morpholine rings is 1. The summed E-state index contributed by atoms with van der Waals surface area (Å²) in [7, 11) is 0. The van der Waals surface area contributed by atoms with Gasteiger partial charge < -0.3 is 19.4 Å². The van der Waals surface area contributed by atoms with E-state index >= 15 is 4.39 Å². The highest BCUT2D eigenvalue weighted by molar-refractivity contribution is 7.12. The van der Waals surface area contributed by atoms with E-state index in [4.69, 9.17) is 4.74 Å². The summed E-state index contributed by atoms with van der Waals surface area (Å²) >= 11 is 1.38. The van der Waals surface area contributed by atoms with E-state index in [0.717, 1.165) is 5.56 Å². The van der Waals surface area contributed by atoms with Crippen molar-refractivity contribution >= 4 is 34.5 Å². The van der Waals surface area contributed by atoms with Crippen molar-refractivity contribution in [2.45, 2.75) is 19.3 Å². The highest BCUT2D eigenvalue weighted by Gasteiger charge is 2.57. The molecule has 2 unspecified atom stereocenters. The van der Waals surface area contributed by atoms with Gasteiger partial charge in [-0.25, -0.2) is 4.39 Å². The fourth-order valence-corrected chi connectivity index (χ4v) is 6.81. The lowest BCUT2D eigenvalue weighted by Crippen LogP contribution is -2.37. The first kappa shape index (κ1) is 27.4. The van der Waals surface area contributed by atoms with E-state index in [0.29, 0.717) is 79.6 Å². The normalized spacial score (nSPS) is 21.8. The summed E-state index contributed by atoms with van der Waals surface area (Å²) in [5, 5.41) is 11.3. The van der Waals surface area contributed by atoms with Crippen molar-refractivity contribution in [3.8, 4) is 6.07 Å². The minimum Gasteiger partial charge on any atom is -0.378 e. The number of benzene rings is 2. The molecule has 2 amide bonds. The van der Waals surface area contributed by atoms with Gasteiger partial charge in [-0.05, 0) is 78.9 Å². The average Bonchev–Trinajstić information content (AvgIpc) is 3.38.